The summed E-state index contributed by atoms with van der Waals surface area (Å²) in [6.07, 6.45) is 0.329. The van der Waals surface area contributed by atoms with Crippen LogP contribution in [-0.2, 0) is 11.8 Å². The Morgan fingerprint density at radius 3 is 2.10 bits per heavy atom. The van der Waals surface area contributed by atoms with Crippen molar-refractivity contribution in [3.63, 3.8) is 0 Å². The largest absolute Gasteiger partial charge is 0.207 e. The lowest BCUT2D eigenvalue weighted by Gasteiger charge is -2.30. The second-order valence-corrected chi connectivity index (χ2v) is 5.86. The lowest BCUT2D eigenvalue weighted by Crippen LogP contribution is -2.33. The molecular formula is C17H16Cl2F2. The lowest BCUT2D eigenvalue weighted by molar-refractivity contribution is 0.506. The molecule has 21 heavy (non-hydrogen) atoms. The average molecular weight is 329 g/mol. The molecule has 0 aromatic heterocycles. The van der Waals surface area contributed by atoms with Crippen LogP contribution in [0.1, 0.15) is 16.7 Å². The van der Waals surface area contributed by atoms with E-state index in [0.29, 0.717) is 12.0 Å². The van der Waals surface area contributed by atoms with E-state index in [4.69, 9.17) is 23.2 Å². The summed E-state index contributed by atoms with van der Waals surface area (Å²) in [4.78, 5) is 0. The molecule has 0 aliphatic rings. The van der Waals surface area contributed by atoms with E-state index in [9.17, 15) is 8.78 Å². The van der Waals surface area contributed by atoms with Crippen molar-refractivity contribution in [3.8, 4) is 0 Å². The van der Waals surface area contributed by atoms with Gasteiger partial charge in [-0.2, -0.15) is 0 Å². The van der Waals surface area contributed by atoms with Crippen molar-refractivity contribution in [1.82, 2.24) is 0 Å². The van der Waals surface area contributed by atoms with Gasteiger partial charge in [0.25, 0.3) is 0 Å². The summed E-state index contributed by atoms with van der Waals surface area (Å²) >= 11 is 12.3. The van der Waals surface area contributed by atoms with Crippen LogP contribution in [0.5, 0.6) is 0 Å². The first-order chi connectivity index (χ1) is 10.0. The quantitative estimate of drug-likeness (QED) is 0.659. The van der Waals surface area contributed by atoms with Gasteiger partial charge in [0.2, 0.25) is 0 Å². The minimum atomic E-state index is -0.589. The molecular weight excluding hydrogens is 313 g/mol. The molecule has 0 aliphatic carbocycles. The molecule has 0 bridgehead atoms. The monoisotopic (exact) mass is 328 g/mol. The van der Waals surface area contributed by atoms with Gasteiger partial charge in [-0.3, -0.25) is 0 Å². The lowest BCUT2D eigenvalue weighted by atomic mass is 9.78. The van der Waals surface area contributed by atoms with Gasteiger partial charge in [0.05, 0.1) is 0 Å². The van der Waals surface area contributed by atoms with Crippen molar-refractivity contribution in [1.29, 1.82) is 0 Å². The molecule has 112 valence electrons. The Labute approximate surface area is 133 Å². The zero-order valence-corrected chi connectivity index (χ0v) is 13.2. The van der Waals surface area contributed by atoms with Crippen molar-refractivity contribution >= 4 is 23.2 Å². The molecule has 0 N–H and O–H groups in total. The summed E-state index contributed by atoms with van der Waals surface area (Å²) < 4.78 is 26.9. The third kappa shape index (κ3) is 3.56. The standard InChI is InChI=1S/C17H16Cl2F2/c1-12-2-5-14(6-3-12)17(10-18,11-19)9-13-4-7-15(20)8-16(13)21/h2-8H,9-11H2,1H3. The van der Waals surface area contributed by atoms with Crippen LogP contribution in [0.2, 0.25) is 0 Å². The van der Waals surface area contributed by atoms with Crippen molar-refractivity contribution in [2.45, 2.75) is 18.8 Å². The molecule has 0 atom stereocenters. The highest BCUT2D eigenvalue weighted by Crippen LogP contribution is 2.32. The summed E-state index contributed by atoms with van der Waals surface area (Å²) in [6.45, 7) is 1.99. The van der Waals surface area contributed by atoms with Gasteiger partial charge >= 0.3 is 0 Å². The highest BCUT2D eigenvalue weighted by molar-refractivity contribution is 6.22. The Balaban J connectivity index is 2.40. The molecule has 0 saturated heterocycles. The van der Waals surface area contributed by atoms with Crippen molar-refractivity contribution in [2.75, 3.05) is 11.8 Å². The zero-order chi connectivity index (χ0) is 15.5. The van der Waals surface area contributed by atoms with Gasteiger partial charge in [-0.15, -0.1) is 23.2 Å². The molecule has 0 unspecified atom stereocenters. The van der Waals surface area contributed by atoms with E-state index in [1.807, 2.05) is 31.2 Å². The Kier molecular flexibility index (Phi) is 5.23. The Morgan fingerprint density at radius 1 is 0.952 bits per heavy atom. The number of hydrogen-bond acceptors (Lipinski definition) is 0. The highest BCUT2D eigenvalue weighted by Gasteiger charge is 2.32. The minimum absolute atomic E-state index is 0.260. The topological polar surface area (TPSA) is 0 Å². The highest BCUT2D eigenvalue weighted by atomic mass is 35.5. The molecule has 2 aromatic carbocycles. The van der Waals surface area contributed by atoms with Crippen molar-refractivity contribution < 1.29 is 8.78 Å². The van der Waals surface area contributed by atoms with Crippen LogP contribution in [0.15, 0.2) is 42.5 Å². The van der Waals surface area contributed by atoms with Gasteiger partial charge in [0.1, 0.15) is 11.6 Å². The van der Waals surface area contributed by atoms with Crippen LogP contribution in [0, 0.1) is 18.6 Å². The van der Waals surface area contributed by atoms with Crippen molar-refractivity contribution in [3.05, 3.63) is 70.8 Å². The van der Waals surface area contributed by atoms with Crippen LogP contribution in [0.3, 0.4) is 0 Å². The van der Waals surface area contributed by atoms with E-state index >= 15 is 0 Å². The molecule has 0 spiro atoms. The van der Waals surface area contributed by atoms with Gasteiger partial charge in [-0.1, -0.05) is 35.9 Å². The molecule has 0 nitrogen and oxygen atoms in total. The van der Waals surface area contributed by atoms with Crippen LogP contribution in [0.25, 0.3) is 0 Å². The smallest absolute Gasteiger partial charge is 0.129 e. The molecule has 2 rings (SSSR count). The zero-order valence-electron chi connectivity index (χ0n) is 11.7. The molecule has 0 saturated carbocycles. The van der Waals surface area contributed by atoms with Crippen molar-refractivity contribution in [2.24, 2.45) is 0 Å². The third-order valence-electron chi connectivity index (χ3n) is 3.72. The second kappa shape index (κ2) is 6.76. The summed E-state index contributed by atoms with van der Waals surface area (Å²) in [6, 6.07) is 11.5. The van der Waals surface area contributed by atoms with Gasteiger partial charge in [-0.05, 0) is 30.5 Å². The second-order valence-electron chi connectivity index (χ2n) is 5.33. The summed E-state index contributed by atoms with van der Waals surface area (Å²) in [5, 5.41) is 0. The number of alkyl halides is 2. The molecule has 2 aromatic rings. The molecule has 0 heterocycles. The summed E-state index contributed by atoms with van der Waals surface area (Å²) in [5.41, 5.74) is 1.93. The number of halogens is 4. The minimum Gasteiger partial charge on any atom is -0.207 e. The van der Waals surface area contributed by atoms with E-state index < -0.39 is 17.0 Å². The van der Waals surface area contributed by atoms with Gasteiger partial charge in [0, 0.05) is 23.2 Å². The Morgan fingerprint density at radius 2 is 1.57 bits per heavy atom. The predicted molar refractivity (Wildman–Crippen MR) is 84.4 cm³/mol. The normalized spacial score (nSPS) is 11.7. The maximum absolute atomic E-state index is 13.9. The van der Waals surface area contributed by atoms with E-state index in [1.165, 1.54) is 12.1 Å². The van der Waals surface area contributed by atoms with E-state index in [2.05, 4.69) is 0 Å². The fourth-order valence-corrected chi connectivity index (χ4v) is 3.11. The van der Waals surface area contributed by atoms with E-state index in [-0.39, 0.29) is 11.8 Å². The molecule has 0 amide bonds. The van der Waals surface area contributed by atoms with Crippen LogP contribution in [0.4, 0.5) is 8.78 Å². The maximum atomic E-state index is 13.9. The predicted octanol–water partition coefficient (Wildman–Crippen LogP) is 5.23. The van der Waals surface area contributed by atoms with Crippen LogP contribution in [-0.4, -0.2) is 11.8 Å². The molecule has 0 fully saturated rings. The number of hydrogen-bond donors (Lipinski definition) is 0. The number of aryl methyl sites for hydroxylation is 1. The first-order valence-electron chi connectivity index (χ1n) is 6.64. The SMILES string of the molecule is Cc1ccc(C(CCl)(CCl)Cc2ccc(F)cc2F)cc1. The third-order valence-corrected chi connectivity index (χ3v) is 4.74. The molecule has 0 radical (unpaired) electrons. The Hall–Kier alpha value is -1.12. The first-order valence-corrected chi connectivity index (χ1v) is 7.71. The van der Waals surface area contributed by atoms with Gasteiger partial charge in [-0.25, -0.2) is 8.78 Å². The van der Waals surface area contributed by atoms with E-state index in [1.54, 1.807) is 0 Å². The molecule has 4 heteroatoms. The van der Waals surface area contributed by atoms with Crippen LogP contribution < -0.4 is 0 Å². The summed E-state index contributed by atoms with van der Waals surface area (Å²) in [5.74, 6) is -0.636. The maximum Gasteiger partial charge on any atom is 0.129 e. The van der Waals surface area contributed by atoms with Gasteiger partial charge in [0.15, 0.2) is 0 Å². The fraction of sp³-hybridized carbons (Fsp3) is 0.294. The Bertz CT molecular complexity index is 605. The molecule has 0 aliphatic heterocycles. The number of benzene rings is 2. The fourth-order valence-electron chi connectivity index (χ4n) is 2.32. The first kappa shape index (κ1) is 16.3. The van der Waals surface area contributed by atoms with Crippen LogP contribution >= 0.6 is 23.2 Å². The van der Waals surface area contributed by atoms with Gasteiger partial charge < -0.3 is 0 Å². The summed E-state index contributed by atoms with van der Waals surface area (Å²) in [7, 11) is 0. The average Bonchev–Trinajstić information content (AvgIpc) is 2.48. The number of rotatable bonds is 5. The van der Waals surface area contributed by atoms with E-state index in [0.717, 1.165) is 17.2 Å².